The first-order valence-electron chi connectivity index (χ1n) is 9.07. The van der Waals surface area contributed by atoms with Crippen LogP contribution in [0.15, 0.2) is 48.5 Å². The molecular weight excluding hydrogens is 360 g/mol. The lowest BCUT2D eigenvalue weighted by Gasteiger charge is -2.55. The lowest BCUT2D eigenvalue weighted by atomic mass is 9.79. The number of hydrogen-bond donors (Lipinski definition) is 1. The minimum absolute atomic E-state index is 0.298. The minimum atomic E-state index is -0.997. The van der Waals surface area contributed by atoms with Crippen LogP contribution in [0.2, 0.25) is 0 Å². The van der Waals surface area contributed by atoms with Crippen LogP contribution < -0.4 is 15.0 Å². The van der Waals surface area contributed by atoms with Gasteiger partial charge in [-0.3, -0.25) is 9.69 Å². The van der Waals surface area contributed by atoms with Gasteiger partial charge in [0.1, 0.15) is 11.7 Å². The molecule has 6 heteroatoms. The summed E-state index contributed by atoms with van der Waals surface area (Å²) in [6, 6.07) is 15.5. The van der Waals surface area contributed by atoms with Crippen molar-refractivity contribution < 1.29 is 14.3 Å². The van der Waals surface area contributed by atoms with E-state index in [2.05, 4.69) is 5.32 Å². The lowest BCUT2D eigenvalue weighted by Crippen LogP contribution is -2.71. The van der Waals surface area contributed by atoms with Gasteiger partial charge in [-0.15, -0.1) is 0 Å². The molecule has 2 aliphatic heterocycles. The highest BCUT2D eigenvalue weighted by atomic mass is 32.1. The van der Waals surface area contributed by atoms with Crippen LogP contribution >= 0.6 is 12.2 Å². The summed E-state index contributed by atoms with van der Waals surface area (Å²) in [6.45, 7) is 6.06. The van der Waals surface area contributed by atoms with E-state index in [9.17, 15) is 4.79 Å². The topological polar surface area (TPSA) is 50.8 Å². The molecule has 2 heterocycles. The fourth-order valence-corrected chi connectivity index (χ4v) is 4.42. The van der Waals surface area contributed by atoms with E-state index in [1.165, 1.54) is 0 Å². The van der Waals surface area contributed by atoms with Gasteiger partial charge in [0.25, 0.3) is 0 Å². The number of aryl methyl sites for hydroxylation is 1. The number of carbonyl (C=O) groups is 1. The molecule has 0 aliphatic carbocycles. The summed E-state index contributed by atoms with van der Waals surface area (Å²) in [4.78, 5) is 14.8. The first-order chi connectivity index (χ1) is 13.0. The molecule has 4 rings (SSSR count). The minimum Gasteiger partial charge on any atom is -0.466 e. The summed E-state index contributed by atoms with van der Waals surface area (Å²) >= 11 is 5.68. The Balaban J connectivity index is 1.88. The molecule has 2 aromatic rings. The van der Waals surface area contributed by atoms with Crippen LogP contribution in [-0.4, -0.2) is 23.4 Å². The summed E-state index contributed by atoms with van der Waals surface area (Å²) in [5.74, 6) is -0.121. The molecule has 3 unspecified atom stereocenters. The van der Waals surface area contributed by atoms with E-state index in [0.717, 1.165) is 22.6 Å². The fourth-order valence-electron chi connectivity index (χ4n) is 4.00. The number of fused-ring (bicyclic) bond motifs is 4. The van der Waals surface area contributed by atoms with Gasteiger partial charge in [0.15, 0.2) is 5.11 Å². The van der Waals surface area contributed by atoms with Crippen molar-refractivity contribution >= 4 is 29.0 Å². The van der Waals surface area contributed by atoms with Gasteiger partial charge in [-0.1, -0.05) is 35.9 Å². The standard InChI is InChI=1S/C21H22N2O3S/c1-4-25-19(24)17-18-15-7-5-6-8-16(15)26-21(17,3)23(20(27)22-18)14-11-9-13(2)10-12-14/h5-12,17-18H,4H2,1-3H3,(H,22,27). The molecule has 3 atom stereocenters. The number of thiocarbonyl (C=S) groups is 1. The Hall–Kier alpha value is -2.60. The fraction of sp³-hybridized carbons (Fsp3) is 0.333. The Morgan fingerprint density at radius 1 is 1.26 bits per heavy atom. The van der Waals surface area contributed by atoms with Crippen molar-refractivity contribution in [3.63, 3.8) is 0 Å². The summed E-state index contributed by atoms with van der Waals surface area (Å²) < 4.78 is 11.8. The van der Waals surface area contributed by atoms with Crippen LogP contribution in [0.25, 0.3) is 0 Å². The quantitative estimate of drug-likeness (QED) is 0.645. The molecule has 2 bridgehead atoms. The maximum absolute atomic E-state index is 13.0. The Labute approximate surface area is 164 Å². The number of anilines is 1. The maximum atomic E-state index is 13.0. The van der Waals surface area contributed by atoms with Crippen LogP contribution in [-0.2, 0) is 9.53 Å². The van der Waals surface area contributed by atoms with Crippen molar-refractivity contribution in [3.8, 4) is 5.75 Å². The molecule has 0 spiro atoms. The van der Waals surface area contributed by atoms with Crippen LogP contribution in [0.3, 0.4) is 0 Å². The normalized spacial score (nSPS) is 25.9. The molecule has 0 saturated carbocycles. The first-order valence-corrected chi connectivity index (χ1v) is 9.48. The third-order valence-corrected chi connectivity index (χ3v) is 5.54. The van der Waals surface area contributed by atoms with Crippen LogP contribution in [0, 0.1) is 12.8 Å². The Bertz CT molecular complexity index is 899. The number of para-hydroxylation sites is 1. The van der Waals surface area contributed by atoms with Crippen molar-refractivity contribution in [3.05, 3.63) is 59.7 Å². The van der Waals surface area contributed by atoms with Crippen molar-refractivity contribution in [2.24, 2.45) is 5.92 Å². The highest BCUT2D eigenvalue weighted by molar-refractivity contribution is 7.80. The number of benzene rings is 2. The van der Waals surface area contributed by atoms with E-state index in [1.54, 1.807) is 0 Å². The number of nitrogens with zero attached hydrogens (tertiary/aromatic N) is 1. The molecule has 0 amide bonds. The second-order valence-corrected chi connectivity index (χ2v) is 7.41. The average Bonchev–Trinajstić information content (AvgIpc) is 2.62. The van der Waals surface area contributed by atoms with Crippen LogP contribution in [0.5, 0.6) is 5.75 Å². The number of carbonyl (C=O) groups excluding carboxylic acids is 1. The molecule has 1 N–H and O–H groups in total. The third-order valence-electron chi connectivity index (χ3n) is 5.24. The molecule has 27 heavy (non-hydrogen) atoms. The predicted molar refractivity (Wildman–Crippen MR) is 108 cm³/mol. The van der Waals surface area contributed by atoms with Crippen molar-refractivity contribution in [2.45, 2.75) is 32.5 Å². The van der Waals surface area contributed by atoms with Gasteiger partial charge >= 0.3 is 5.97 Å². The summed E-state index contributed by atoms with van der Waals surface area (Å²) in [6.07, 6.45) is 0. The largest absolute Gasteiger partial charge is 0.466 e. The molecule has 140 valence electrons. The van der Waals surface area contributed by atoms with E-state index in [0.29, 0.717) is 11.7 Å². The Morgan fingerprint density at radius 3 is 2.67 bits per heavy atom. The van der Waals surface area contributed by atoms with Crippen LogP contribution in [0.4, 0.5) is 5.69 Å². The van der Waals surface area contributed by atoms with E-state index in [1.807, 2.05) is 74.2 Å². The first kappa shape index (κ1) is 17.8. The van der Waals surface area contributed by atoms with Gasteiger partial charge in [-0.2, -0.15) is 0 Å². The van der Waals surface area contributed by atoms with Crippen molar-refractivity contribution in [2.75, 3.05) is 11.5 Å². The van der Waals surface area contributed by atoms with E-state index >= 15 is 0 Å². The zero-order valence-electron chi connectivity index (χ0n) is 15.6. The molecule has 0 radical (unpaired) electrons. The zero-order valence-corrected chi connectivity index (χ0v) is 16.4. The van der Waals surface area contributed by atoms with Gasteiger partial charge in [0.05, 0.1) is 12.6 Å². The number of esters is 1. The molecule has 2 aliphatic rings. The number of nitrogens with one attached hydrogen (secondary N) is 1. The van der Waals surface area contributed by atoms with Crippen molar-refractivity contribution in [1.82, 2.24) is 5.32 Å². The SMILES string of the molecule is CCOC(=O)C1C2NC(=S)N(c3ccc(C)cc3)C1(C)Oc1ccccc12. The summed E-state index contributed by atoms with van der Waals surface area (Å²) in [5.41, 5.74) is 1.93. The highest BCUT2D eigenvalue weighted by Gasteiger charge is 2.59. The number of ether oxygens (including phenoxy) is 2. The Kier molecular flexibility index (Phi) is 4.30. The maximum Gasteiger partial charge on any atom is 0.317 e. The van der Waals surface area contributed by atoms with E-state index in [-0.39, 0.29) is 12.0 Å². The molecule has 2 aromatic carbocycles. The second-order valence-electron chi connectivity index (χ2n) is 7.02. The lowest BCUT2D eigenvalue weighted by molar-refractivity contribution is -0.159. The van der Waals surface area contributed by atoms with Gasteiger partial charge in [-0.05, 0) is 51.2 Å². The number of hydrogen-bond acceptors (Lipinski definition) is 4. The van der Waals surface area contributed by atoms with E-state index in [4.69, 9.17) is 21.7 Å². The van der Waals surface area contributed by atoms with Gasteiger partial charge in [-0.25, -0.2) is 0 Å². The molecular formula is C21H22N2O3S. The van der Waals surface area contributed by atoms with Gasteiger partial charge in [0, 0.05) is 11.3 Å². The van der Waals surface area contributed by atoms with Gasteiger partial charge in [0.2, 0.25) is 5.72 Å². The molecule has 1 fully saturated rings. The van der Waals surface area contributed by atoms with Crippen molar-refractivity contribution in [1.29, 1.82) is 0 Å². The summed E-state index contributed by atoms with van der Waals surface area (Å²) in [7, 11) is 0. The highest BCUT2D eigenvalue weighted by Crippen LogP contribution is 2.49. The van der Waals surface area contributed by atoms with Crippen LogP contribution in [0.1, 0.15) is 31.0 Å². The third kappa shape index (κ3) is 2.75. The predicted octanol–water partition coefficient (Wildman–Crippen LogP) is 3.72. The second kappa shape index (κ2) is 6.53. The molecule has 0 aromatic heterocycles. The Morgan fingerprint density at radius 2 is 1.96 bits per heavy atom. The van der Waals surface area contributed by atoms with E-state index < -0.39 is 11.6 Å². The molecule has 5 nitrogen and oxygen atoms in total. The smallest absolute Gasteiger partial charge is 0.317 e. The zero-order chi connectivity index (χ0) is 19.2. The number of rotatable bonds is 3. The monoisotopic (exact) mass is 382 g/mol. The average molecular weight is 382 g/mol. The summed E-state index contributed by atoms with van der Waals surface area (Å²) in [5, 5.41) is 3.89. The van der Waals surface area contributed by atoms with Gasteiger partial charge < -0.3 is 14.8 Å². The molecule has 1 saturated heterocycles.